The Kier molecular flexibility index (Phi) is 8.73. The lowest BCUT2D eigenvalue weighted by Crippen LogP contribution is -2.28. The zero-order valence-electron chi connectivity index (χ0n) is 34.9. The van der Waals surface area contributed by atoms with Crippen LogP contribution in [0.5, 0.6) is 11.5 Å². The predicted molar refractivity (Wildman–Crippen MR) is 250 cm³/mol. The van der Waals surface area contributed by atoms with E-state index in [1.165, 1.54) is 11.1 Å². The number of benzene rings is 7. The van der Waals surface area contributed by atoms with Gasteiger partial charge in [0, 0.05) is 60.7 Å². The van der Waals surface area contributed by atoms with Gasteiger partial charge >= 0.3 is 0 Å². The second-order valence-corrected chi connectivity index (χ2v) is 17.0. The van der Waals surface area contributed by atoms with Gasteiger partial charge in [0.1, 0.15) is 53.0 Å². The standard InChI is InChI=1S/C58H42O6/c1-7-19-41-35(13-1)29-31-59-56(41)53-50(47-27-25-37-15-4-10-22-44(37)62-47)54(57-42-20-8-2-14-36(42)30-32-60-57)52(49-33-39-17-6-12-24-46(39)64-49)55(58-43-21-9-3-18-40(43)34-61-58)51(53)48-28-26-38-16-5-11-23-45(38)63-48/h1-25,27,30,32-34,47-48,56-57H,26,28-29,31H2. The maximum atomic E-state index is 7.35. The third-order valence-corrected chi connectivity index (χ3v) is 13.5. The Hall–Kier alpha value is -7.54. The van der Waals surface area contributed by atoms with Crippen LogP contribution in [0.15, 0.2) is 179 Å². The van der Waals surface area contributed by atoms with Crippen LogP contribution in [0.25, 0.3) is 56.5 Å². The highest BCUT2D eigenvalue weighted by Crippen LogP contribution is 2.57. The number of para-hydroxylation sites is 3. The average Bonchev–Trinajstić information content (AvgIpc) is 4.00. The van der Waals surface area contributed by atoms with Gasteiger partial charge in [-0.25, -0.2) is 0 Å². The summed E-state index contributed by atoms with van der Waals surface area (Å²) >= 11 is 0. The van der Waals surface area contributed by atoms with E-state index in [0.29, 0.717) is 12.4 Å². The molecule has 0 saturated carbocycles. The number of aryl methyl sites for hydroxylation is 1. The first-order chi connectivity index (χ1) is 31.7. The smallest absolute Gasteiger partial charge is 0.150 e. The van der Waals surface area contributed by atoms with Gasteiger partial charge in [-0.1, -0.05) is 133 Å². The van der Waals surface area contributed by atoms with E-state index in [1.807, 2.05) is 42.9 Å². The first-order valence-electron chi connectivity index (χ1n) is 22.2. The van der Waals surface area contributed by atoms with Crippen molar-refractivity contribution in [3.05, 3.63) is 226 Å². The Morgan fingerprint density at radius 1 is 0.531 bits per heavy atom. The van der Waals surface area contributed by atoms with E-state index in [4.69, 9.17) is 27.8 Å². The van der Waals surface area contributed by atoms with Gasteiger partial charge in [0.25, 0.3) is 0 Å². The molecule has 13 rings (SSSR count). The molecule has 0 amide bonds. The monoisotopic (exact) mass is 834 g/mol. The Balaban J connectivity index is 1.25. The molecule has 310 valence electrons. The van der Waals surface area contributed by atoms with E-state index < -0.39 is 24.4 Å². The van der Waals surface area contributed by atoms with Crippen molar-refractivity contribution < 1.29 is 27.8 Å². The van der Waals surface area contributed by atoms with Crippen LogP contribution in [0.4, 0.5) is 0 Å². The summed E-state index contributed by atoms with van der Waals surface area (Å²) in [5, 5.41) is 2.98. The zero-order valence-corrected chi connectivity index (χ0v) is 34.9. The summed E-state index contributed by atoms with van der Waals surface area (Å²) in [5.41, 5.74) is 13.1. The Morgan fingerprint density at radius 3 is 2.19 bits per heavy atom. The second-order valence-electron chi connectivity index (χ2n) is 17.0. The van der Waals surface area contributed by atoms with Crippen LogP contribution < -0.4 is 9.47 Å². The maximum Gasteiger partial charge on any atom is 0.150 e. The summed E-state index contributed by atoms with van der Waals surface area (Å²) in [6.07, 6.45) is 10.4. The molecule has 4 unspecified atom stereocenters. The lowest BCUT2D eigenvalue weighted by Gasteiger charge is -2.39. The summed E-state index contributed by atoms with van der Waals surface area (Å²) < 4.78 is 43.0. The summed E-state index contributed by atoms with van der Waals surface area (Å²) in [6.45, 7) is 0.546. The van der Waals surface area contributed by atoms with Crippen molar-refractivity contribution >= 4 is 33.9 Å². The second kappa shape index (κ2) is 15.1. The third-order valence-electron chi connectivity index (χ3n) is 13.5. The van der Waals surface area contributed by atoms with Gasteiger partial charge in [0.2, 0.25) is 0 Å². The van der Waals surface area contributed by atoms with Crippen molar-refractivity contribution in [2.75, 3.05) is 6.61 Å². The highest BCUT2D eigenvalue weighted by Gasteiger charge is 2.44. The topological polar surface area (TPSA) is 63.2 Å². The molecule has 0 bridgehead atoms. The maximum absolute atomic E-state index is 7.35. The molecule has 0 spiro atoms. The number of hydrogen-bond donors (Lipinski definition) is 0. The molecule has 6 nitrogen and oxygen atoms in total. The Labute approximate surface area is 370 Å². The molecule has 0 aliphatic carbocycles. The summed E-state index contributed by atoms with van der Waals surface area (Å²) in [5.74, 6) is 3.10. The van der Waals surface area contributed by atoms with Crippen LogP contribution in [0.1, 0.15) is 86.5 Å². The molecule has 64 heavy (non-hydrogen) atoms. The fourth-order valence-electron chi connectivity index (χ4n) is 10.6. The summed E-state index contributed by atoms with van der Waals surface area (Å²) in [7, 11) is 0. The van der Waals surface area contributed by atoms with Crippen LogP contribution in [-0.2, 0) is 22.3 Å². The average molecular weight is 835 g/mol. The molecule has 6 heterocycles. The Morgan fingerprint density at radius 2 is 1.28 bits per heavy atom. The van der Waals surface area contributed by atoms with Crippen molar-refractivity contribution in [1.82, 2.24) is 0 Å². The molecule has 4 aliphatic rings. The number of hydrogen-bond acceptors (Lipinski definition) is 6. The number of ether oxygens (including phenoxy) is 4. The molecule has 0 saturated heterocycles. The van der Waals surface area contributed by atoms with Gasteiger partial charge in [0.15, 0.2) is 0 Å². The normalized spacial score (nSPS) is 19.5. The predicted octanol–water partition coefficient (Wildman–Crippen LogP) is 14.5. The molecule has 0 N–H and O–H groups in total. The van der Waals surface area contributed by atoms with Gasteiger partial charge in [0.05, 0.1) is 19.1 Å². The molecule has 0 radical (unpaired) electrons. The van der Waals surface area contributed by atoms with E-state index in [-0.39, 0.29) is 0 Å². The number of fused-ring (bicyclic) bond motifs is 6. The van der Waals surface area contributed by atoms with Crippen LogP contribution >= 0.6 is 0 Å². The molecular formula is C58H42O6. The van der Waals surface area contributed by atoms with Gasteiger partial charge < -0.3 is 27.8 Å². The number of furan rings is 2. The van der Waals surface area contributed by atoms with Crippen molar-refractivity contribution in [2.24, 2.45) is 0 Å². The first-order valence-corrected chi connectivity index (χ1v) is 22.2. The Bertz CT molecular complexity index is 3310. The van der Waals surface area contributed by atoms with Crippen molar-refractivity contribution in [1.29, 1.82) is 0 Å². The molecule has 4 aliphatic heterocycles. The lowest BCUT2D eigenvalue weighted by atomic mass is 9.73. The highest BCUT2D eigenvalue weighted by molar-refractivity contribution is 6.01. The van der Waals surface area contributed by atoms with Crippen LogP contribution in [0, 0.1) is 0 Å². The van der Waals surface area contributed by atoms with Crippen LogP contribution in [-0.4, -0.2) is 6.61 Å². The molecule has 7 aromatic carbocycles. The lowest BCUT2D eigenvalue weighted by molar-refractivity contribution is 0.0645. The molecule has 4 atom stereocenters. The van der Waals surface area contributed by atoms with Gasteiger partial charge in [-0.05, 0) is 77.9 Å². The molecular weight excluding hydrogens is 793 g/mol. The van der Waals surface area contributed by atoms with E-state index >= 15 is 0 Å². The minimum atomic E-state index is -0.590. The molecule has 2 aromatic heterocycles. The molecule has 9 aromatic rings. The molecule has 6 heteroatoms. The van der Waals surface area contributed by atoms with E-state index in [2.05, 4.69) is 140 Å². The van der Waals surface area contributed by atoms with Crippen molar-refractivity contribution in [3.63, 3.8) is 0 Å². The minimum Gasteiger partial charge on any atom is -0.489 e. The van der Waals surface area contributed by atoms with Crippen molar-refractivity contribution in [2.45, 2.75) is 43.7 Å². The van der Waals surface area contributed by atoms with Gasteiger partial charge in [-0.15, -0.1) is 0 Å². The van der Waals surface area contributed by atoms with E-state index in [9.17, 15) is 0 Å². The quantitative estimate of drug-likeness (QED) is 0.166. The first kappa shape index (κ1) is 37.1. The number of rotatable bonds is 6. The highest BCUT2D eigenvalue weighted by atomic mass is 16.5. The third kappa shape index (κ3) is 5.97. The fraction of sp³-hybridized carbons (Fsp3) is 0.138. The van der Waals surface area contributed by atoms with Crippen LogP contribution in [0.2, 0.25) is 0 Å². The van der Waals surface area contributed by atoms with E-state index in [1.54, 1.807) is 0 Å². The minimum absolute atomic E-state index is 0.420. The van der Waals surface area contributed by atoms with Gasteiger partial charge in [-0.2, -0.15) is 0 Å². The van der Waals surface area contributed by atoms with Crippen LogP contribution in [0.3, 0.4) is 0 Å². The zero-order chi connectivity index (χ0) is 42.1. The summed E-state index contributed by atoms with van der Waals surface area (Å²) in [4.78, 5) is 0. The fourth-order valence-corrected chi connectivity index (χ4v) is 10.6. The van der Waals surface area contributed by atoms with Gasteiger partial charge in [-0.3, -0.25) is 0 Å². The van der Waals surface area contributed by atoms with Crippen molar-refractivity contribution in [3.8, 4) is 34.1 Å². The SMILES string of the molecule is C1=Cc2ccccc2C(c2c(-c3cc4ccccc4o3)c(-c3occ4ccccc34)c(C3CCc4ccccc4O3)c(C3OCCc4ccccc43)c2C2C=Cc3ccccc3O2)O1. The molecule has 0 fully saturated rings. The largest absolute Gasteiger partial charge is 0.489 e. The van der Waals surface area contributed by atoms with E-state index in [0.717, 1.165) is 114 Å². The summed E-state index contributed by atoms with van der Waals surface area (Å²) in [6, 6.07) is 52.6.